The fourth-order valence-electron chi connectivity index (χ4n) is 2.96. The van der Waals surface area contributed by atoms with Crippen LogP contribution in [0.5, 0.6) is 0 Å². The summed E-state index contributed by atoms with van der Waals surface area (Å²) in [5.74, 6) is 1.64. The molecule has 0 spiro atoms. The molecule has 0 unspecified atom stereocenters. The minimum absolute atomic E-state index is 0.142. The number of amides is 1. The van der Waals surface area contributed by atoms with Gasteiger partial charge in [0.1, 0.15) is 5.82 Å². The molecule has 1 amide bonds. The number of thioether (sulfide) groups is 1. The normalized spacial score (nSPS) is 15.4. The summed E-state index contributed by atoms with van der Waals surface area (Å²) >= 11 is 7.32. The number of nitrogens with zero attached hydrogens (tertiary/aromatic N) is 4. The van der Waals surface area contributed by atoms with Crippen LogP contribution in [0.1, 0.15) is 43.8 Å². The van der Waals surface area contributed by atoms with Crippen LogP contribution in [0.25, 0.3) is 0 Å². The number of pyridine rings is 1. The van der Waals surface area contributed by atoms with Gasteiger partial charge in [0.2, 0.25) is 5.91 Å². The molecule has 2 aromatic rings. The zero-order valence-corrected chi connectivity index (χ0v) is 15.1. The number of hydrogen-bond donors (Lipinski definition) is 1. The molecule has 8 heteroatoms. The van der Waals surface area contributed by atoms with Crippen LogP contribution in [0, 0.1) is 0 Å². The van der Waals surface area contributed by atoms with Gasteiger partial charge in [-0.2, -0.15) is 0 Å². The maximum absolute atomic E-state index is 12.1. The molecule has 0 radical (unpaired) electrons. The molecule has 0 aromatic carbocycles. The molecule has 1 aliphatic carbocycles. The summed E-state index contributed by atoms with van der Waals surface area (Å²) in [7, 11) is 1.97. The Hall–Kier alpha value is -1.60. The molecule has 3 rings (SSSR count). The van der Waals surface area contributed by atoms with Gasteiger partial charge < -0.3 is 9.88 Å². The van der Waals surface area contributed by atoms with E-state index < -0.39 is 0 Å². The second-order valence-corrected chi connectivity index (χ2v) is 7.21. The first-order chi connectivity index (χ1) is 11.6. The summed E-state index contributed by atoms with van der Waals surface area (Å²) < 4.78 is 2.02. The molecule has 1 aliphatic rings. The highest BCUT2D eigenvalue weighted by Crippen LogP contribution is 2.32. The summed E-state index contributed by atoms with van der Waals surface area (Å²) in [6.07, 6.45) is 7.77. The Morgan fingerprint density at radius 2 is 2.17 bits per heavy atom. The lowest BCUT2D eigenvalue weighted by atomic mass is 9.89. The van der Waals surface area contributed by atoms with Gasteiger partial charge in [-0.3, -0.25) is 4.79 Å². The van der Waals surface area contributed by atoms with Gasteiger partial charge in [0, 0.05) is 19.2 Å². The molecule has 2 heterocycles. The van der Waals surface area contributed by atoms with Gasteiger partial charge in [-0.15, -0.1) is 10.2 Å². The summed E-state index contributed by atoms with van der Waals surface area (Å²) in [5, 5.41) is 12.4. The van der Waals surface area contributed by atoms with E-state index in [1.807, 2.05) is 11.6 Å². The van der Waals surface area contributed by atoms with Crippen LogP contribution in [0.2, 0.25) is 5.15 Å². The van der Waals surface area contributed by atoms with Crippen molar-refractivity contribution in [3.63, 3.8) is 0 Å². The molecule has 1 saturated carbocycles. The third kappa shape index (κ3) is 4.08. The van der Waals surface area contributed by atoms with E-state index in [2.05, 4.69) is 20.5 Å². The second-order valence-electron chi connectivity index (χ2n) is 5.91. The molecule has 0 bridgehead atoms. The van der Waals surface area contributed by atoms with Crippen LogP contribution in [-0.4, -0.2) is 31.4 Å². The van der Waals surface area contributed by atoms with Gasteiger partial charge in [-0.1, -0.05) is 42.6 Å². The fraction of sp³-hybridized carbons (Fsp3) is 0.500. The van der Waals surface area contributed by atoms with Crippen molar-refractivity contribution >= 4 is 35.0 Å². The van der Waals surface area contributed by atoms with E-state index in [0.717, 1.165) is 11.0 Å². The number of carbonyl (C=O) groups excluding carboxylic acids is 1. The van der Waals surface area contributed by atoms with E-state index in [1.165, 1.54) is 43.9 Å². The maximum atomic E-state index is 12.1. The van der Waals surface area contributed by atoms with E-state index in [1.54, 1.807) is 18.3 Å². The largest absolute Gasteiger partial charge is 0.323 e. The Bertz CT molecular complexity index is 714. The number of halogens is 1. The standard InChI is InChI=1S/C16H20ClN5OS/c1-22-15(11-6-3-2-4-7-11)20-21-16(22)24-10-13(23)19-12-8-5-9-18-14(12)17/h5,8-9,11H,2-4,6-7,10H2,1H3,(H,19,23). The molecule has 2 aromatic heterocycles. The molecule has 0 aliphatic heterocycles. The van der Waals surface area contributed by atoms with Gasteiger partial charge >= 0.3 is 0 Å². The van der Waals surface area contributed by atoms with Crippen molar-refractivity contribution in [2.45, 2.75) is 43.2 Å². The monoisotopic (exact) mass is 365 g/mol. The highest BCUT2D eigenvalue weighted by molar-refractivity contribution is 7.99. The van der Waals surface area contributed by atoms with Crippen molar-refractivity contribution < 1.29 is 4.79 Å². The average Bonchev–Trinajstić information content (AvgIpc) is 2.97. The Labute approximate surface area is 150 Å². The molecule has 6 nitrogen and oxygen atoms in total. The van der Waals surface area contributed by atoms with Gasteiger partial charge in [0.05, 0.1) is 11.4 Å². The van der Waals surface area contributed by atoms with Crippen LogP contribution in [0.15, 0.2) is 23.5 Å². The first-order valence-electron chi connectivity index (χ1n) is 8.07. The number of rotatable bonds is 5. The number of carbonyl (C=O) groups is 1. The van der Waals surface area contributed by atoms with Crippen LogP contribution in [0.4, 0.5) is 5.69 Å². The average molecular weight is 366 g/mol. The second kappa shape index (κ2) is 7.98. The molecule has 1 N–H and O–H groups in total. The Kier molecular flexibility index (Phi) is 5.73. The Balaban J connectivity index is 1.57. The molecular weight excluding hydrogens is 346 g/mol. The highest BCUT2D eigenvalue weighted by atomic mass is 35.5. The minimum Gasteiger partial charge on any atom is -0.323 e. The quantitative estimate of drug-likeness (QED) is 0.646. The topological polar surface area (TPSA) is 72.7 Å². The number of nitrogens with one attached hydrogen (secondary N) is 1. The highest BCUT2D eigenvalue weighted by Gasteiger charge is 2.22. The lowest BCUT2D eigenvalue weighted by molar-refractivity contribution is -0.113. The predicted molar refractivity (Wildman–Crippen MR) is 95.4 cm³/mol. The van der Waals surface area contributed by atoms with Gasteiger partial charge in [-0.25, -0.2) is 4.98 Å². The van der Waals surface area contributed by atoms with E-state index in [4.69, 9.17) is 11.6 Å². The minimum atomic E-state index is -0.142. The zero-order chi connectivity index (χ0) is 16.9. The summed E-state index contributed by atoms with van der Waals surface area (Å²) in [5.41, 5.74) is 0.519. The van der Waals surface area contributed by atoms with Crippen molar-refractivity contribution in [2.75, 3.05) is 11.1 Å². The molecule has 128 valence electrons. The van der Waals surface area contributed by atoms with Crippen molar-refractivity contribution in [1.82, 2.24) is 19.7 Å². The Morgan fingerprint density at radius 3 is 2.92 bits per heavy atom. The van der Waals surface area contributed by atoms with Crippen LogP contribution in [-0.2, 0) is 11.8 Å². The summed E-state index contributed by atoms with van der Waals surface area (Å²) in [4.78, 5) is 16.0. The van der Waals surface area contributed by atoms with Crippen molar-refractivity contribution in [2.24, 2.45) is 7.05 Å². The van der Waals surface area contributed by atoms with Crippen LogP contribution in [0.3, 0.4) is 0 Å². The van der Waals surface area contributed by atoms with E-state index >= 15 is 0 Å². The molecule has 0 saturated heterocycles. The predicted octanol–water partition coefficient (Wildman–Crippen LogP) is 3.64. The van der Waals surface area contributed by atoms with Crippen molar-refractivity contribution in [1.29, 1.82) is 0 Å². The summed E-state index contributed by atoms with van der Waals surface area (Å²) in [6.45, 7) is 0. The third-order valence-electron chi connectivity index (χ3n) is 4.20. The van der Waals surface area contributed by atoms with E-state index in [0.29, 0.717) is 11.6 Å². The number of aromatic nitrogens is 4. The lowest BCUT2D eigenvalue weighted by Gasteiger charge is -2.20. The zero-order valence-electron chi connectivity index (χ0n) is 13.5. The van der Waals surface area contributed by atoms with Crippen LogP contribution < -0.4 is 5.32 Å². The van der Waals surface area contributed by atoms with Gasteiger partial charge in [0.25, 0.3) is 0 Å². The Morgan fingerprint density at radius 1 is 1.38 bits per heavy atom. The van der Waals surface area contributed by atoms with Gasteiger partial charge in [0.15, 0.2) is 10.3 Å². The molecule has 24 heavy (non-hydrogen) atoms. The molecule has 0 atom stereocenters. The fourth-order valence-corrected chi connectivity index (χ4v) is 3.85. The molecular formula is C16H20ClN5OS. The third-order valence-corrected chi connectivity index (χ3v) is 5.53. The first kappa shape index (κ1) is 17.2. The van der Waals surface area contributed by atoms with Crippen molar-refractivity contribution in [3.8, 4) is 0 Å². The van der Waals surface area contributed by atoms with E-state index in [-0.39, 0.29) is 16.8 Å². The van der Waals surface area contributed by atoms with Crippen molar-refractivity contribution in [3.05, 3.63) is 29.3 Å². The SMILES string of the molecule is Cn1c(SCC(=O)Nc2cccnc2Cl)nnc1C1CCCCC1. The summed E-state index contributed by atoms with van der Waals surface area (Å²) in [6, 6.07) is 3.45. The van der Waals surface area contributed by atoms with Crippen LogP contribution >= 0.6 is 23.4 Å². The number of anilines is 1. The smallest absolute Gasteiger partial charge is 0.234 e. The maximum Gasteiger partial charge on any atom is 0.234 e. The molecule has 1 fully saturated rings. The first-order valence-corrected chi connectivity index (χ1v) is 9.44. The lowest BCUT2D eigenvalue weighted by Crippen LogP contribution is -2.15. The number of hydrogen-bond acceptors (Lipinski definition) is 5. The van der Waals surface area contributed by atoms with Gasteiger partial charge in [-0.05, 0) is 25.0 Å². The van der Waals surface area contributed by atoms with E-state index in [9.17, 15) is 4.79 Å².